The zero-order valence-electron chi connectivity index (χ0n) is 9.88. The van der Waals surface area contributed by atoms with Gasteiger partial charge in [-0.15, -0.1) is 0 Å². The van der Waals surface area contributed by atoms with E-state index in [1.165, 1.54) is 25.3 Å². The van der Waals surface area contributed by atoms with Gasteiger partial charge in [-0.05, 0) is 43.9 Å². The summed E-state index contributed by atoms with van der Waals surface area (Å²) >= 11 is 0. The minimum atomic E-state index is -0.0841. The summed E-state index contributed by atoms with van der Waals surface area (Å²) < 4.78 is 13.3. The second kappa shape index (κ2) is 5.44. The van der Waals surface area contributed by atoms with Gasteiger partial charge in [0.1, 0.15) is 5.82 Å². The summed E-state index contributed by atoms with van der Waals surface area (Å²) in [5, 5.41) is 3.46. The van der Waals surface area contributed by atoms with Gasteiger partial charge in [0.05, 0.1) is 0 Å². The highest BCUT2D eigenvalue weighted by Crippen LogP contribution is 2.33. The largest absolute Gasteiger partial charge is 0.314 e. The Morgan fingerprint density at radius 1 is 1.38 bits per heavy atom. The lowest BCUT2D eigenvalue weighted by atomic mass is 10.1. The number of nitrogens with one attached hydrogen (secondary N) is 1. The zero-order valence-corrected chi connectivity index (χ0v) is 9.88. The Morgan fingerprint density at radius 3 is 2.81 bits per heavy atom. The second-order valence-electron chi connectivity index (χ2n) is 4.88. The second-order valence-corrected chi connectivity index (χ2v) is 4.88. The van der Waals surface area contributed by atoms with E-state index in [1.807, 2.05) is 12.1 Å². The molecule has 0 heterocycles. The molecule has 1 saturated carbocycles. The highest BCUT2D eigenvalue weighted by atomic mass is 19.1. The van der Waals surface area contributed by atoms with Crippen molar-refractivity contribution in [2.24, 2.45) is 5.92 Å². The molecule has 0 bridgehead atoms. The molecule has 1 aromatic rings. The normalized spacial score (nSPS) is 17.4. The van der Waals surface area contributed by atoms with E-state index in [2.05, 4.69) is 12.2 Å². The molecule has 88 valence electrons. The van der Waals surface area contributed by atoms with E-state index in [-0.39, 0.29) is 5.82 Å². The van der Waals surface area contributed by atoms with Gasteiger partial charge in [-0.2, -0.15) is 0 Å². The Balaban J connectivity index is 1.68. The number of hydrogen-bond donors (Lipinski definition) is 1. The molecule has 2 rings (SSSR count). The molecule has 2 heteroatoms. The minimum Gasteiger partial charge on any atom is -0.314 e. The third-order valence-electron chi connectivity index (χ3n) is 3.23. The fourth-order valence-electron chi connectivity index (χ4n) is 2.09. The summed E-state index contributed by atoms with van der Waals surface area (Å²) in [5.74, 6) is 0.870. The first-order valence-corrected chi connectivity index (χ1v) is 6.22. The Bertz CT molecular complexity index is 333. The van der Waals surface area contributed by atoms with E-state index in [1.54, 1.807) is 6.07 Å². The average Bonchev–Trinajstić information content (AvgIpc) is 3.05. The van der Waals surface area contributed by atoms with Gasteiger partial charge in [-0.3, -0.25) is 0 Å². The summed E-state index contributed by atoms with van der Waals surface area (Å²) in [7, 11) is 0. The van der Waals surface area contributed by atoms with Crippen LogP contribution in [0.4, 0.5) is 4.39 Å². The number of halogens is 1. The quantitative estimate of drug-likeness (QED) is 0.778. The molecule has 1 N–H and O–H groups in total. The van der Waals surface area contributed by atoms with Crippen LogP contribution in [0.2, 0.25) is 0 Å². The van der Waals surface area contributed by atoms with Crippen LogP contribution in [-0.4, -0.2) is 12.6 Å². The van der Waals surface area contributed by atoms with Crippen molar-refractivity contribution >= 4 is 0 Å². The molecule has 16 heavy (non-hydrogen) atoms. The third-order valence-corrected chi connectivity index (χ3v) is 3.23. The van der Waals surface area contributed by atoms with Crippen LogP contribution >= 0.6 is 0 Å². The van der Waals surface area contributed by atoms with Gasteiger partial charge in [0, 0.05) is 6.04 Å². The molecule has 0 aliphatic heterocycles. The molecule has 1 aromatic carbocycles. The maximum absolute atomic E-state index is 13.3. The maximum atomic E-state index is 13.3. The lowest BCUT2D eigenvalue weighted by Crippen LogP contribution is -2.28. The van der Waals surface area contributed by atoms with E-state index in [0.29, 0.717) is 6.04 Å². The van der Waals surface area contributed by atoms with E-state index < -0.39 is 0 Å². The molecule has 0 saturated heterocycles. The molecule has 1 unspecified atom stereocenters. The Kier molecular flexibility index (Phi) is 3.94. The fourth-order valence-corrected chi connectivity index (χ4v) is 2.09. The molecule has 0 aromatic heterocycles. The zero-order chi connectivity index (χ0) is 11.4. The summed E-state index contributed by atoms with van der Waals surface area (Å²) in [6.45, 7) is 3.09. The van der Waals surface area contributed by atoms with Crippen molar-refractivity contribution in [3.05, 3.63) is 35.6 Å². The van der Waals surface area contributed by atoms with E-state index in [4.69, 9.17) is 0 Å². The molecular weight excluding hydrogens is 201 g/mol. The molecule has 0 amide bonds. The Labute approximate surface area is 97.1 Å². The van der Waals surface area contributed by atoms with Gasteiger partial charge in [0.25, 0.3) is 0 Å². The molecule has 0 radical (unpaired) electrons. The van der Waals surface area contributed by atoms with E-state index in [0.717, 1.165) is 24.4 Å². The van der Waals surface area contributed by atoms with Gasteiger partial charge >= 0.3 is 0 Å². The van der Waals surface area contributed by atoms with Crippen molar-refractivity contribution in [2.75, 3.05) is 6.54 Å². The molecular formula is C14H20FN. The predicted molar refractivity (Wildman–Crippen MR) is 64.9 cm³/mol. The van der Waals surface area contributed by atoms with Crippen molar-refractivity contribution in [3.8, 4) is 0 Å². The smallest absolute Gasteiger partial charge is 0.126 e. The summed E-state index contributed by atoms with van der Waals surface area (Å²) in [6, 6.07) is 7.60. The lowest BCUT2D eigenvalue weighted by molar-refractivity contribution is 0.487. The summed E-state index contributed by atoms with van der Waals surface area (Å²) in [4.78, 5) is 0. The van der Waals surface area contributed by atoms with Crippen molar-refractivity contribution in [2.45, 2.75) is 38.6 Å². The summed E-state index contributed by atoms with van der Waals surface area (Å²) in [5.41, 5.74) is 0.814. The highest BCUT2D eigenvalue weighted by Gasteiger charge is 2.23. The van der Waals surface area contributed by atoms with Crippen LogP contribution in [0.5, 0.6) is 0 Å². The minimum absolute atomic E-state index is 0.0841. The first-order valence-electron chi connectivity index (χ1n) is 6.22. The van der Waals surface area contributed by atoms with Crippen LogP contribution in [-0.2, 0) is 6.42 Å². The van der Waals surface area contributed by atoms with Crippen LogP contribution in [0.3, 0.4) is 0 Å². The Morgan fingerprint density at radius 2 is 2.12 bits per heavy atom. The van der Waals surface area contributed by atoms with Crippen LogP contribution in [0.25, 0.3) is 0 Å². The van der Waals surface area contributed by atoms with Crippen molar-refractivity contribution in [3.63, 3.8) is 0 Å². The molecule has 1 nitrogen and oxygen atoms in total. The standard InChI is InChI=1S/C14H20FN/c1-11(10-12-6-7-12)16-9-8-13-4-2-3-5-14(13)15/h2-5,11-12,16H,6-10H2,1H3. The molecule has 1 fully saturated rings. The summed E-state index contributed by atoms with van der Waals surface area (Å²) in [6.07, 6.45) is 4.86. The number of hydrogen-bond acceptors (Lipinski definition) is 1. The van der Waals surface area contributed by atoms with Gasteiger partial charge in [-0.1, -0.05) is 31.0 Å². The van der Waals surface area contributed by atoms with Crippen molar-refractivity contribution in [1.29, 1.82) is 0 Å². The Hall–Kier alpha value is -0.890. The first-order chi connectivity index (χ1) is 7.75. The van der Waals surface area contributed by atoms with Gasteiger partial charge in [0.2, 0.25) is 0 Å². The molecule has 0 spiro atoms. The fraction of sp³-hybridized carbons (Fsp3) is 0.571. The maximum Gasteiger partial charge on any atom is 0.126 e. The average molecular weight is 221 g/mol. The lowest BCUT2D eigenvalue weighted by Gasteiger charge is -2.13. The molecule has 1 aliphatic rings. The van der Waals surface area contributed by atoms with Gasteiger partial charge in [-0.25, -0.2) is 4.39 Å². The van der Waals surface area contributed by atoms with E-state index in [9.17, 15) is 4.39 Å². The third kappa shape index (κ3) is 3.60. The van der Waals surface area contributed by atoms with Crippen LogP contribution in [0, 0.1) is 11.7 Å². The van der Waals surface area contributed by atoms with Crippen molar-refractivity contribution < 1.29 is 4.39 Å². The van der Waals surface area contributed by atoms with E-state index >= 15 is 0 Å². The molecule has 1 aliphatic carbocycles. The van der Waals surface area contributed by atoms with Crippen molar-refractivity contribution in [1.82, 2.24) is 5.32 Å². The first kappa shape index (κ1) is 11.6. The predicted octanol–water partition coefficient (Wildman–Crippen LogP) is 3.15. The topological polar surface area (TPSA) is 12.0 Å². The van der Waals surface area contributed by atoms with Gasteiger partial charge < -0.3 is 5.32 Å². The van der Waals surface area contributed by atoms with Crippen LogP contribution in [0.15, 0.2) is 24.3 Å². The van der Waals surface area contributed by atoms with Crippen LogP contribution < -0.4 is 5.32 Å². The monoisotopic (exact) mass is 221 g/mol. The number of rotatable bonds is 6. The molecule has 1 atom stereocenters. The van der Waals surface area contributed by atoms with Crippen LogP contribution in [0.1, 0.15) is 31.7 Å². The number of benzene rings is 1. The van der Waals surface area contributed by atoms with Gasteiger partial charge in [0.15, 0.2) is 0 Å². The highest BCUT2D eigenvalue weighted by molar-refractivity contribution is 5.17. The SMILES string of the molecule is CC(CC1CC1)NCCc1ccccc1F.